The number of carbonyl (C=O) groups excluding carboxylic acids is 1. The molecule has 1 fully saturated rings. The third-order valence-electron chi connectivity index (χ3n) is 3.20. The predicted molar refractivity (Wildman–Crippen MR) is 63.3 cm³/mol. The van der Waals surface area contributed by atoms with Gasteiger partial charge in [0.25, 0.3) is 0 Å². The number of hydrogen-bond donors (Lipinski definition) is 1. The molecule has 0 unspecified atom stereocenters. The Kier molecular flexibility index (Phi) is 6.22. The van der Waals surface area contributed by atoms with E-state index in [1.807, 2.05) is 6.92 Å². The third-order valence-corrected chi connectivity index (χ3v) is 3.20. The van der Waals surface area contributed by atoms with Gasteiger partial charge >= 0.3 is 5.97 Å². The maximum Gasteiger partial charge on any atom is 0.313 e. The molecule has 1 heterocycles. The summed E-state index contributed by atoms with van der Waals surface area (Å²) in [6.45, 7) is 8.33. The molecule has 0 saturated carbocycles. The molecular weight excluding hydrogens is 214 g/mol. The summed E-state index contributed by atoms with van der Waals surface area (Å²) in [5.41, 5.74) is -0.283. The van der Waals surface area contributed by atoms with Gasteiger partial charge in [0.05, 0.1) is 12.0 Å². The number of nitrogens with one attached hydrogen (secondary N) is 1. The molecule has 0 radical (unpaired) electrons. The molecule has 4 heteroatoms. The van der Waals surface area contributed by atoms with Crippen molar-refractivity contribution in [1.29, 1.82) is 0 Å². The van der Waals surface area contributed by atoms with Crippen molar-refractivity contribution in [3.8, 4) is 0 Å². The molecule has 0 aromatic rings. The van der Waals surface area contributed by atoms with Crippen molar-refractivity contribution in [2.75, 3.05) is 19.7 Å². The van der Waals surface area contributed by atoms with Gasteiger partial charge in [0.2, 0.25) is 0 Å². The van der Waals surface area contributed by atoms with Gasteiger partial charge in [-0.2, -0.15) is 0 Å². The number of halogens is 1. The second kappa shape index (κ2) is 6.33. The van der Waals surface area contributed by atoms with Crippen LogP contribution in [0.15, 0.2) is 0 Å². The van der Waals surface area contributed by atoms with Crippen LogP contribution in [0.5, 0.6) is 0 Å². The van der Waals surface area contributed by atoms with Gasteiger partial charge in [0.15, 0.2) is 0 Å². The molecule has 0 aromatic carbocycles. The van der Waals surface area contributed by atoms with Crippen LogP contribution in [0.4, 0.5) is 0 Å². The van der Waals surface area contributed by atoms with Crippen LogP contribution >= 0.6 is 12.4 Å². The Bertz CT molecular complexity index is 201. The highest BCUT2D eigenvalue weighted by molar-refractivity contribution is 5.85. The molecule has 1 aliphatic heterocycles. The van der Waals surface area contributed by atoms with E-state index in [4.69, 9.17) is 4.74 Å². The van der Waals surface area contributed by atoms with Crippen molar-refractivity contribution in [1.82, 2.24) is 5.32 Å². The number of piperidine rings is 1. The summed E-state index contributed by atoms with van der Waals surface area (Å²) in [7, 11) is 0. The van der Waals surface area contributed by atoms with E-state index in [1.165, 1.54) is 0 Å². The molecule has 1 N–H and O–H groups in total. The van der Waals surface area contributed by atoms with Crippen LogP contribution in [0, 0.1) is 11.3 Å². The Labute approximate surface area is 98.4 Å². The first-order valence-corrected chi connectivity index (χ1v) is 5.51. The molecule has 1 atom stereocenters. The lowest BCUT2D eigenvalue weighted by molar-refractivity contribution is -0.159. The van der Waals surface area contributed by atoms with Gasteiger partial charge in [-0.3, -0.25) is 4.79 Å². The summed E-state index contributed by atoms with van der Waals surface area (Å²) in [4.78, 5) is 11.9. The van der Waals surface area contributed by atoms with E-state index in [-0.39, 0.29) is 23.8 Å². The van der Waals surface area contributed by atoms with Gasteiger partial charge in [0, 0.05) is 6.54 Å². The average molecular weight is 236 g/mol. The van der Waals surface area contributed by atoms with Gasteiger partial charge in [0.1, 0.15) is 0 Å². The Hall–Kier alpha value is -0.280. The second-order valence-corrected chi connectivity index (χ2v) is 4.31. The molecule has 1 rings (SSSR count). The summed E-state index contributed by atoms with van der Waals surface area (Å²) in [6.07, 6.45) is 2.02. The third kappa shape index (κ3) is 3.08. The summed E-state index contributed by atoms with van der Waals surface area (Å²) >= 11 is 0. The Morgan fingerprint density at radius 1 is 1.53 bits per heavy atom. The highest BCUT2D eigenvalue weighted by Crippen LogP contribution is 2.35. The van der Waals surface area contributed by atoms with Crippen molar-refractivity contribution in [2.45, 2.75) is 33.6 Å². The summed E-state index contributed by atoms with van der Waals surface area (Å²) < 4.78 is 5.17. The zero-order chi connectivity index (χ0) is 10.6. The van der Waals surface area contributed by atoms with Gasteiger partial charge in [-0.05, 0) is 32.2 Å². The molecule has 0 aliphatic carbocycles. The van der Waals surface area contributed by atoms with Crippen molar-refractivity contribution >= 4 is 18.4 Å². The molecule has 1 saturated heterocycles. The molecule has 90 valence electrons. The molecule has 15 heavy (non-hydrogen) atoms. The Balaban J connectivity index is 0.00000196. The van der Waals surface area contributed by atoms with Crippen LogP contribution < -0.4 is 5.32 Å². The topological polar surface area (TPSA) is 38.3 Å². The van der Waals surface area contributed by atoms with Gasteiger partial charge in [-0.15, -0.1) is 12.4 Å². The number of ether oxygens (including phenoxy) is 1. The van der Waals surface area contributed by atoms with Crippen molar-refractivity contribution in [3.05, 3.63) is 0 Å². The minimum Gasteiger partial charge on any atom is -0.466 e. The van der Waals surface area contributed by atoms with Gasteiger partial charge in [-0.25, -0.2) is 0 Å². The molecular formula is C11H22ClNO2. The van der Waals surface area contributed by atoms with Crippen LogP contribution in [-0.4, -0.2) is 25.7 Å². The summed E-state index contributed by atoms with van der Waals surface area (Å²) in [5, 5.41) is 3.30. The standard InChI is InChI=1S/C11H21NO2.ClH/c1-4-14-10(13)11(9(2)3)6-5-7-12-8-11;/h9,12H,4-8H2,1-3H3;1H/t11-;/m1./s1. The van der Waals surface area contributed by atoms with E-state index in [0.29, 0.717) is 12.5 Å². The highest BCUT2D eigenvalue weighted by Gasteiger charge is 2.43. The van der Waals surface area contributed by atoms with Crippen LogP contribution in [0.25, 0.3) is 0 Å². The van der Waals surface area contributed by atoms with Crippen LogP contribution in [0.1, 0.15) is 33.6 Å². The fourth-order valence-corrected chi connectivity index (χ4v) is 2.11. The molecule has 1 aliphatic rings. The van der Waals surface area contributed by atoms with E-state index in [2.05, 4.69) is 19.2 Å². The molecule has 0 amide bonds. The highest BCUT2D eigenvalue weighted by atomic mass is 35.5. The van der Waals surface area contributed by atoms with Crippen LogP contribution in [0.2, 0.25) is 0 Å². The van der Waals surface area contributed by atoms with E-state index in [0.717, 1.165) is 25.9 Å². The van der Waals surface area contributed by atoms with Gasteiger partial charge < -0.3 is 10.1 Å². The van der Waals surface area contributed by atoms with Crippen molar-refractivity contribution in [3.63, 3.8) is 0 Å². The number of carbonyl (C=O) groups is 1. The zero-order valence-corrected chi connectivity index (χ0v) is 10.7. The lowest BCUT2D eigenvalue weighted by atomic mass is 9.72. The lowest BCUT2D eigenvalue weighted by Gasteiger charge is -2.38. The van der Waals surface area contributed by atoms with E-state index >= 15 is 0 Å². The largest absolute Gasteiger partial charge is 0.466 e. The fourth-order valence-electron chi connectivity index (χ4n) is 2.11. The van der Waals surface area contributed by atoms with Crippen LogP contribution in [-0.2, 0) is 9.53 Å². The molecule has 0 spiro atoms. The maximum atomic E-state index is 11.9. The van der Waals surface area contributed by atoms with E-state index < -0.39 is 0 Å². The zero-order valence-electron chi connectivity index (χ0n) is 9.84. The quantitative estimate of drug-likeness (QED) is 0.761. The van der Waals surface area contributed by atoms with Crippen molar-refractivity contribution < 1.29 is 9.53 Å². The maximum absolute atomic E-state index is 11.9. The summed E-state index contributed by atoms with van der Waals surface area (Å²) in [6, 6.07) is 0. The molecule has 0 aromatic heterocycles. The first kappa shape index (κ1) is 14.7. The number of rotatable bonds is 3. The first-order valence-electron chi connectivity index (χ1n) is 5.51. The Morgan fingerprint density at radius 2 is 2.20 bits per heavy atom. The SMILES string of the molecule is CCOC(=O)[C@]1(C(C)C)CCCNC1.Cl. The second-order valence-electron chi connectivity index (χ2n) is 4.31. The van der Waals surface area contributed by atoms with Crippen molar-refractivity contribution in [2.24, 2.45) is 11.3 Å². The molecule has 3 nitrogen and oxygen atoms in total. The predicted octanol–water partition coefficient (Wildman–Crippen LogP) is 2.00. The minimum absolute atomic E-state index is 0. The van der Waals surface area contributed by atoms with Gasteiger partial charge in [-0.1, -0.05) is 13.8 Å². The van der Waals surface area contributed by atoms with Crippen LogP contribution in [0.3, 0.4) is 0 Å². The minimum atomic E-state index is -0.283. The monoisotopic (exact) mass is 235 g/mol. The van der Waals surface area contributed by atoms with E-state index in [9.17, 15) is 4.79 Å². The average Bonchev–Trinajstić information content (AvgIpc) is 2.19. The number of esters is 1. The fraction of sp³-hybridized carbons (Fsp3) is 0.909. The van der Waals surface area contributed by atoms with E-state index in [1.54, 1.807) is 0 Å². The smallest absolute Gasteiger partial charge is 0.313 e. The first-order chi connectivity index (χ1) is 6.63. The Morgan fingerprint density at radius 3 is 2.60 bits per heavy atom. The normalized spacial score (nSPS) is 25.9. The summed E-state index contributed by atoms with van der Waals surface area (Å²) in [5.74, 6) is 0.316. The number of hydrogen-bond acceptors (Lipinski definition) is 3. The lowest BCUT2D eigenvalue weighted by Crippen LogP contribution is -2.49. The molecule has 0 bridgehead atoms.